The summed E-state index contributed by atoms with van der Waals surface area (Å²) in [6.07, 6.45) is 2.68. The smallest absolute Gasteiger partial charge is 0.154 e. The minimum absolute atomic E-state index is 0.149. The number of aromatic nitrogens is 3. The minimum atomic E-state index is -0.821. The van der Waals surface area contributed by atoms with Crippen LogP contribution in [0.25, 0.3) is 0 Å². The van der Waals surface area contributed by atoms with Gasteiger partial charge in [0.1, 0.15) is 11.3 Å². The molecule has 2 atom stereocenters. The van der Waals surface area contributed by atoms with Gasteiger partial charge >= 0.3 is 0 Å². The van der Waals surface area contributed by atoms with Gasteiger partial charge in [-0.2, -0.15) is 0 Å². The maximum atomic E-state index is 11.0. The zero-order valence-corrected chi connectivity index (χ0v) is 12.5. The Bertz CT molecular complexity index is 410. The first-order chi connectivity index (χ1) is 7.73. The van der Waals surface area contributed by atoms with Gasteiger partial charge in [-0.15, -0.1) is 5.10 Å². The first kappa shape index (κ1) is 13.0. The van der Waals surface area contributed by atoms with Crippen LogP contribution in [0.4, 0.5) is 0 Å². The third-order valence-electron chi connectivity index (χ3n) is 3.58. The van der Waals surface area contributed by atoms with Crippen molar-refractivity contribution in [2.45, 2.75) is 45.6 Å². The van der Waals surface area contributed by atoms with E-state index in [4.69, 9.17) is 0 Å². The van der Waals surface area contributed by atoms with Gasteiger partial charge in [-0.3, -0.25) is 0 Å². The Morgan fingerprint density at radius 3 is 2.53 bits per heavy atom. The molecular formula is C12H20BrN3O. The molecule has 96 valence electrons. The summed E-state index contributed by atoms with van der Waals surface area (Å²) in [6, 6.07) is 0. The Balaban J connectivity index is 2.42. The van der Waals surface area contributed by atoms with E-state index in [1.807, 2.05) is 7.05 Å². The zero-order valence-electron chi connectivity index (χ0n) is 10.9. The molecule has 0 bridgehead atoms. The minimum Gasteiger partial charge on any atom is -0.383 e. The first-order valence-corrected chi connectivity index (χ1v) is 6.81. The van der Waals surface area contributed by atoms with E-state index >= 15 is 0 Å². The van der Waals surface area contributed by atoms with Crippen molar-refractivity contribution in [1.82, 2.24) is 15.0 Å². The fourth-order valence-corrected chi connectivity index (χ4v) is 4.23. The molecule has 1 aliphatic carbocycles. The van der Waals surface area contributed by atoms with E-state index in [9.17, 15) is 5.11 Å². The lowest BCUT2D eigenvalue weighted by atomic mass is 9.65. The highest BCUT2D eigenvalue weighted by Crippen LogP contribution is 2.49. The van der Waals surface area contributed by atoms with Crippen LogP contribution in [-0.2, 0) is 12.6 Å². The molecule has 0 saturated heterocycles. The molecule has 1 heterocycles. The van der Waals surface area contributed by atoms with E-state index in [2.05, 4.69) is 47.0 Å². The summed E-state index contributed by atoms with van der Waals surface area (Å²) < 4.78 is 2.34. The molecule has 2 rings (SSSR count). The van der Waals surface area contributed by atoms with Gasteiger partial charge in [0.05, 0.1) is 0 Å². The van der Waals surface area contributed by atoms with Gasteiger partial charge < -0.3 is 5.11 Å². The lowest BCUT2D eigenvalue weighted by molar-refractivity contribution is -0.0694. The van der Waals surface area contributed by atoms with E-state index in [1.165, 1.54) is 0 Å². The van der Waals surface area contributed by atoms with Gasteiger partial charge in [0.15, 0.2) is 4.60 Å². The summed E-state index contributed by atoms with van der Waals surface area (Å²) in [5.74, 6) is 0.505. The normalized spacial score (nSPS) is 32.7. The average Bonchev–Trinajstić information content (AvgIpc) is 2.41. The van der Waals surface area contributed by atoms with E-state index < -0.39 is 5.60 Å². The van der Waals surface area contributed by atoms with Crippen molar-refractivity contribution in [3.05, 3.63) is 10.3 Å². The van der Waals surface area contributed by atoms with Crippen molar-refractivity contribution in [2.24, 2.45) is 18.4 Å². The standard InChI is InChI=1S/C12H20BrN3O/c1-8-5-11(2,3)7-12(17,6-8)9-10(13)14-15-16(9)4/h8,17H,5-7H2,1-4H3. The molecule has 1 aromatic rings. The van der Waals surface area contributed by atoms with Crippen molar-refractivity contribution in [3.8, 4) is 0 Å². The topological polar surface area (TPSA) is 50.9 Å². The number of hydrogen-bond acceptors (Lipinski definition) is 3. The predicted octanol–water partition coefficient (Wildman–Crippen LogP) is 2.61. The SMILES string of the molecule is CC1CC(C)(C)CC(O)(c2c(Br)nnn2C)C1. The summed E-state index contributed by atoms with van der Waals surface area (Å²) in [5, 5.41) is 18.9. The first-order valence-electron chi connectivity index (χ1n) is 6.02. The molecule has 1 aliphatic rings. The Labute approximate surface area is 111 Å². The van der Waals surface area contributed by atoms with E-state index in [-0.39, 0.29) is 5.41 Å². The Morgan fingerprint density at radius 2 is 2.06 bits per heavy atom. The molecule has 5 heteroatoms. The van der Waals surface area contributed by atoms with Crippen molar-refractivity contribution >= 4 is 15.9 Å². The molecule has 1 N–H and O–H groups in total. The molecule has 0 aliphatic heterocycles. The molecule has 0 spiro atoms. The summed E-state index contributed by atoms with van der Waals surface area (Å²) in [6.45, 7) is 6.63. The number of halogens is 1. The van der Waals surface area contributed by atoms with Gasteiger partial charge in [-0.05, 0) is 46.5 Å². The van der Waals surface area contributed by atoms with Crippen LogP contribution in [0, 0.1) is 11.3 Å². The van der Waals surface area contributed by atoms with Gasteiger partial charge in [-0.1, -0.05) is 26.0 Å². The van der Waals surface area contributed by atoms with Crippen LogP contribution in [0.1, 0.15) is 45.7 Å². The van der Waals surface area contributed by atoms with Crippen LogP contribution < -0.4 is 0 Å². The van der Waals surface area contributed by atoms with Gasteiger partial charge in [0.25, 0.3) is 0 Å². The van der Waals surface area contributed by atoms with Gasteiger partial charge in [0.2, 0.25) is 0 Å². The monoisotopic (exact) mass is 301 g/mol. The molecule has 4 nitrogen and oxygen atoms in total. The fourth-order valence-electron chi connectivity index (χ4n) is 3.53. The van der Waals surface area contributed by atoms with Crippen molar-refractivity contribution in [1.29, 1.82) is 0 Å². The number of aliphatic hydroxyl groups is 1. The Morgan fingerprint density at radius 1 is 1.41 bits per heavy atom. The van der Waals surface area contributed by atoms with Crippen molar-refractivity contribution < 1.29 is 5.11 Å². The van der Waals surface area contributed by atoms with E-state index in [1.54, 1.807) is 4.68 Å². The van der Waals surface area contributed by atoms with Gasteiger partial charge in [-0.25, -0.2) is 4.68 Å². The number of nitrogens with zero attached hydrogens (tertiary/aromatic N) is 3. The van der Waals surface area contributed by atoms with E-state index in [0.29, 0.717) is 10.5 Å². The molecule has 1 saturated carbocycles. The highest BCUT2D eigenvalue weighted by Gasteiger charge is 2.45. The lowest BCUT2D eigenvalue weighted by Gasteiger charge is -2.44. The summed E-state index contributed by atoms with van der Waals surface area (Å²) in [5.41, 5.74) is 0.131. The van der Waals surface area contributed by atoms with Crippen molar-refractivity contribution in [2.75, 3.05) is 0 Å². The second kappa shape index (κ2) is 4.05. The predicted molar refractivity (Wildman–Crippen MR) is 69.4 cm³/mol. The maximum absolute atomic E-state index is 11.0. The summed E-state index contributed by atoms with van der Waals surface area (Å²) in [7, 11) is 1.83. The third-order valence-corrected chi connectivity index (χ3v) is 4.12. The molecule has 1 aromatic heterocycles. The van der Waals surface area contributed by atoms with Crippen LogP contribution in [-0.4, -0.2) is 20.1 Å². The van der Waals surface area contributed by atoms with Crippen LogP contribution >= 0.6 is 15.9 Å². The second-order valence-corrected chi connectivity index (χ2v) is 6.99. The second-order valence-electron chi connectivity index (χ2n) is 6.24. The highest BCUT2D eigenvalue weighted by atomic mass is 79.9. The lowest BCUT2D eigenvalue weighted by Crippen LogP contribution is -2.41. The quantitative estimate of drug-likeness (QED) is 0.867. The molecule has 17 heavy (non-hydrogen) atoms. The van der Waals surface area contributed by atoms with Crippen molar-refractivity contribution in [3.63, 3.8) is 0 Å². The number of hydrogen-bond donors (Lipinski definition) is 1. The molecule has 2 unspecified atom stereocenters. The van der Waals surface area contributed by atoms with Crippen LogP contribution in [0.15, 0.2) is 4.60 Å². The molecule has 0 aromatic carbocycles. The summed E-state index contributed by atoms with van der Waals surface area (Å²) in [4.78, 5) is 0. The molecule has 0 radical (unpaired) electrons. The molecule has 1 fully saturated rings. The highest BCUT2D eigenvalue weighted by molar-refractivity contribution is 9.10. The van der Waals surface area contributed by atoms with Crippen LogP contribution in [0.3, 0.4) is 0 Å². The summed E-state index contributed by atoms with van der Waals surface area (Å²) >= 11 is 3.39. The largest absolute Gasteiger partial charge is 0.383 e. The van der Waals surface area contributed by atoms with Crippen LogP contribution in [0.5, 0.6) is 0 Å². The Hall–Kier alpha value is -0.420. The third kappa shape index (κ3) is 2.40. The average molecular weight is 302 g/mol. The number of aryl methyl sites for hydroxylation is 1. The molecule has 0 amide bonds. The van der Waals surface area contributed by atoms with Gasteiger partial charge in [0, 0.05) is 7.05 Å². The zero-order chi connectivity index (χ0) is 12.8. The molecular weight excluding hydrogens is 282 g/mol. The fraction of sp³-hybridized carbons (Fsp3) is 0.833. The van der Waals surface area contributed by atoms with E-state index in [0.717, 1.165) is 25.0 Å². The van der Waals surface area contributed by atoms with Crippen LogP contribution in [0.2, 0.25) is 0 Å². The Kier molecular flexibility index (Phi) is 3.11. The number of rotatable bonds is 1. The maximum Gasteiger partial charge on any atom is 0.154 e.